The molecule has 0 amide bonds. The summed E-state index contributed by atoms with van der Waals surface area (Å²) in [6.45, 7) is 0. The number of hydrogen-bond acceptors (Lipinski definition) is 3. The van der Waals surface area contributed by atoms with Gasteiger partial charge in [0.15, 0.2) is 0 Å². The number of hydrogen-bond donors (Lipinski definition) is 1. The van der Waals surface area contributed by atoms with E-state index in [-0.39, 0.29) is 0 Å². The van der Waals surface area contributed by atoms with Crippen molar-refractivity contribution in [2.45, 2.75) is 25.4 Å². The van der Waals surface area contributed by atoms with Gasteiger partial charge in [-0.25, -0.2) is 0 Å². The number of aliphatic hydroxyl groups is 1. The fourth-order valence-electron chi connectivity index (χ4n) is 2.13. The van der Waals surface area contributed by atoms with E-state index < -0.39 is 6.10 Å². The third kappa shape index (κ3) is 2.22. The van der Waals surface area contributed by atoms with Crippen molar-refractivity contribution >= 4 is 50.2 Å². The van der Waals surface area contributed by atoms with Crippen molar-refractivity contribution in [2.24, 2.45) is 0 Å². The SMILES string of the molecule is OC(c1cc(Br)c(Cl)s1)c1cc2c(s1)CCC2. The Morgan fingerprint density at radius 1 is 1.24 bits per heavy atom. The highest BCUT2D eigenvalue weighted by molar-refractivity contribution is 9.10. The van der Waals surface area contributed by atoms with Crippen molar-refractivity contribution in [1.29, 1.82) is 0 Å². The minimum atomic E-state index is -0.528. The van der Waals surface area contributed by atoms with Gasteiger partial charge in [-0.15, -0.1) is 22.7 Å². The Hall–Kier alpha value is 0.130. The standard InChI is InChI=1S/C12H10BrClOS2/c13-7-5-10(17-12(7)14)11(15)9-4-6-2-1-3-8(6)16-9/h4-5,11,15H,1-3H2. The molecule has 0 spiro atoms. The van der Waals surface area contributed by atoms with E-state index in [0.717, 1.165) is 20.6 Å². The zero-order valence-electron chi connectivity index (χ0n) is 8.87. The third-order valence-electron chi connectivity index (χ3n) is 2.97. The lowest BCUT2D eigenvalue weighted by molar-refractivity contribution is 0.228. The lowest BCUT2D eigenvalue weighted by Crippen LogP contribution is -1.93. The molecule has 0 radical (unpaired) electrons. The second kappa shape index (κ2) is 4.67. The number of rotatable bonds is 2. The van der Waals surface area contributed by atoms with Gasteiger partial charge < -0.3 is 5.11 Å². The van der Waals surface area contributed by atoms with Crippen molar-refractivity contribution < 1.29 is 5.11 Å². The van der Waals surface area contributed by atoms with E-state index in [4.69, 9.17) is 11.6 Å². The van der Waals surface area contributed by atoms with E-state index in [9.17, 15) is 5.11 Å². The van der Waals surface area contributed by atoms with E-state index in [1.165, 1.54) is 34.6 Å². The zero-order valence-corrected chi connectivity index (χ0v) is 12.8. The molecular weight excluding hydrogens is 340 g/mol. The molecule has 0 fully saturated rings. The summed E-state index contributed by atoms with van der Waals surface area (Å²) in [6, 6.07) is 4.06. The minimum Gasteiger partial charge on any atom is -0.382 e. The first kappa shape index (κ1) is 12.2. The van der Waals surface area contributed by atoms with Crippen molar-refractivity contribution in [2.75, 3.05) is 0 Å². The Balaban J connectivity index is 1.92. The van der Waals surface area contributed by atoms with Crippen LogP contribution in [-0.2, 0) is 12.8 Å². The maximum Gasteiger partial charge on any atom is 0.122 e. The number of aliphatic hydroxyl groups excluding tert-OH is 1. The van der Waals surface area contributed by atoms with E-state index in [2.05, 4.69) is 22.0 Å². The number of fused-ring (bicyclic) bond motifs is 1. The van der Waals surface area contributed by atoms with Crippen molar-refractivity contribution in [1.82, 2.24) is 0 Å². The van der Waals surface area contributed by atoms with Gasteiger partial charge >= 0.3 is 0 Å². The van der Waals surface area contributed by atoms with E-state index >= 15 is 0 Å². The van der Waals surface area contributed by atoms with Gasteiger partial charge in [0.2, 0.25) is 0 Å². The van der Waals surface area contributed by atoms with Crippen LogP contribution in [0.3, 0.4) is 0 Å². The molecule has 1 atom stereocenters. The normalized spacial score (nSPS) is 16.2. The lowest BCUT2D eigenvalue weighted by Gasteiger charge is -2.05. The molecule has 90 valence electrons. The second-order valence-electron chi connectivity index (χ2n) is 4.12. The van der Waals surface area contributed by atoms with Crippen LogP contribution in [0.4, 0.5) is 0 Å². The maximum atomic E-state index is 10.3. The summed E-state index contributed by atoms with van der Waals surface area (Å²) in [5.74, 6) is 0. The Labute approximate surface area is 121 Å². The maximum absolute atomic E-state index is 10.3. The number of thiophene rings is 2. The summed E-state index contributed by atoms with van der Waals surface area (Å²) in [7, 11) is 0. The number of aryl methyl sites for hydroxylation is 2. The highest BCUT2D eigenvalue weighted by atomic mass is 79.9. The molecule has 0 saturated carbocycles. The minimum absolute atomic E-state index is 0.528. The quantitative estimate of drug-likeness (QED) is 0.826. The first-order valence-electron chi connectivity index (χ1n) is 5.39. The molecule has 0 aliphatic heterocycles. The molecule has 1 N–H and O–H groups in total. The molecule has 2 aromatic rings. The summed E-state index contributed by atoms with van der Waals surface area (Å²) < 4.78 is 1.56. The molecule has 2 aromatic heterocycles. The van der Waals surface area contributed by atoms with Crippen LogP contribution < -0.4 is 0 Å². The lowest BCUT2D eigenvalue weighted by atomic mass is 10.2. The van der Waals surface area contributed by atoms with Crippen LogP contribution in [0, 0.1) is 0 Å². The van der Waals surface area contributed by atoms with Gasteiger partial charge in [-0.05, 0) is 52.9 Å². The molecule has 0 bridgehead atoms. The van der Waals surface area contributed by atoms with Gasteiger partial charge in [-0.3, -0.25) is 0 Å². The van der Waals surface area contributed by atoms with Gasteiger partial charge in [0.05, 0.1) is 0 Å². The average molecular weight is 350 g/mol. The summed E-state index contributed by atoms with van der Waals surface area (Å²) in [5.41, 5.74) is 1.42. The molecule has 1 aliphatic carbocycles. The van der Waals surface area contributed by atoms with E-state index in [0.29, 0.717) is 4.34 Å². The molecule has 2 heterocycles. The van der Waals surface area contributed by atoms with Gasteiger partial charge in [0.25, 0.3) is 0 Å². The summed E-state index contributed by atoms with van der Waals surface area (Å²) in [5, 5.41) is 10.3. The Morgan fingerprint density at radius 2 is 2.00 bits per heavy atom. The summed E-state index contributed by atoms with van der Waals surface area (Å²) in [4.78, 5) is 3.39. The topological polar surface area (TPSA) is 20.2 Å². The first-order valence-corrected chi connectivity index (χ1v) is 8.20. The van der Waals surface area contributed by atoms with Gasteiger partial charge in [0, 0.05) is 19.1 Å². The third-order valence-corrected chi connectivity index (χ3v) is 6.79. The molecule has 1 aliphatic rings. The predicted octanol–water partition coefficient (Wildman–Crippen LogP) is 4.80. The van der Waals surface area contributed by atoms with Crippen molar-refractivity contribution in [3.63, 3.8) is 0 Å². The highest BCUT2D eigenvalue weighted by Gasteiger charge is 2.21. The molecule has 0 saturated heterocycles. The summed E-state index contributed by atoms with van der Waals surface area (Å²) in [6.07, 6.45) is 3.06. The van der Waals surface area contributed by atoms with Crippen LogP contribution in [-0.4, -0.2) is 5.11 Å². The Morgan fingerprint density at radius 3 is 2.65 bits per heavy atom. The first-order chi connectivity index (χ1) is 8.15. The van der Waals surface area contributed by atoms with E-state index in [1.54, 1.807) is 11.3 Å². The van der Waals surface area contributed by atoms with Crippen LogP contribution in [0.15, 0.2) is 16.6 Å². The monoisotopic (exact) mass is 348 g/mol. The predicted molar refractivity (Wildman–Crippen MR) is 77.4 cm³/mol. The van der Waals surface area contributed by atoms with Crippen LogP contribution in [0.1, 0.15) is 32.7 Å². The Bertz CT molecular complexity index is 520. The van der Waals surface area contributed by atoms with Crippen LogP contribution in [0.25, 0.3) is 0 Å². The highest BCUT2D eigenvalue weighted by Crippen LogP contribution is 2.41. The summed E-state index contributed by atoms with van der Waals surface area (Å²) >= 11 is 12.5. The number of halogens is 2. The molecule has 3 rings (SSSR count). The van der Waals surface area contributed by atoms with Crippen molar-refractivity contribution in [3.05, 3.63) is 41.1 Å². The van der Waals surface area contributed by atoms with Gasteiger partial charge in [-0.1, -0.05) is 11.6 Å². The second-order valence-corrected chi connectivity index (χ2v) is 7.83. The molecule has 1 unspecified atom stereocenters. The molecule has 17 heavy (non-hydrogen) atoms. The largest absolute Gasteiger partial charge is 0.382 e. The average Bonchev–Trinajstić information content (AvgIpc) is 2.92. The zero-order chi connectivity index (χ0) is 12.0. The van der Waals surface area contributed by atoms with Crippen LogP contribution >= 0.6 is 50.2 Å². The fraction of sp³-hybridized carbons (Fsp3) is 0.333. The van der Waals surface area contributed by atoms with Crippen LogP contribution in [0.5, 0.6) is 0 Å². The van der Waals surface area contributed by atoms with Gasteiger partial charge in [-0.2, -0.15) is 0 Å². The van der Waals surface area contributed by atoms with Crippen LogP contribution in [0.2, 0.25) is 4.34 Å². The molecule has 1 nitrogen and oxygen atoms in total. The molecular formula is C12H10BrClOS2. The molecule has 5 heteroatoms. The van der Waals surface area contributed by atoms with Crippen molar-refractivity contribution in [3.8, 4) is 0 Å². The molecule has 0 aromatic carbocycles. The van der Waals surface area contributed by atoms with Gasteiger partial charge in [0.1, 0.15) is 10.4 Å². The fourth-order valence-corrected chi connectivity index (χ4v) is 5.20. The Kier molecular flexibility index (Phi) is 3.34. The van der Waals surface area contributed by atoms with E-state index in [1.807, 2.05) is 6.07 Å². The smallest absolute Gasteiger partial charge is 0.122 e.